The molecule has 0 saturated heterocycles. The predicted octanol–water partition coefficient (Wildman–Crippen LogP) is 9.26. The first-order chi connectivity index (χ1) is 22.2. The SMILES string of the molecule is CCc1nc2cccc3c2n1-c1c(-c2ccc4c5cccc6cccc(c7cccc2c74)c65)cccc1P3(=O)c1ccccc1. The topological polar surface area (TPSA) is 34.9 Å². The van der Waals surface area contributed by atoms with E-state index in [1.807, 2.05) is 42.5 Å². The summed E-state index contributed by atoms with van der Waals surface area (Å²) in [5, 5.41) is 12.7. The number of hydrogen-bond donors (Lipinski definition) is 0. The average Bonchev–Trinajstić information content (AvgIpc) is 3.48. The van der Waals surface area contributed by atoms with Gasteiger partial charge in [-0.2, -0.15) is 0 Å². The first-order valence-corrected chi connectivity index (χ1v) is 17.3. The zero-order valence-corrected chi connectivity index (χ0v) is 25.6. The highest BCUT2D eigenvalue weighted by molar-refractivity contribution is 7.86. The lowest BCUT2D eigenvalue weighted by Gasteiger charge is -2.31. The van der Waals surface area contributed by atoms with Crippen molar-refractivity contribution in [2.45, 2.75) is 13.3 Å². The average molecular weight is 595 g/mol. The number of aryl methyl sites for hydroxylation is 1. The van der Waals surface area contributed by atoms with Crippen LogP contribution in [0.2, 0.25) is 0 Å². The Labute approximate surface area is 260 Å². The van der Waals surface area contributed by atoms with Gasteiger partial charge in [0.15, 0.2) is 7.14 Å². The van der Waals surface area contributed by atoms with Gasteiger partial charge in [-0.05, 0) is 66.9 Å². The Kier molecular flexibility index (Phi) is 4.97. The molecule has 212 valence electrons. The maximum Gasteiger partial charge on any atom is 0.175 e. The molecule has 9 aromatic rings. The molecular formula is C41H27N2OP. The first-order valence-electron chi connectivity index (χ1n) is 15.6. The molecule has 2 heterocycles. The standard InChI is InChI=1S/C41H27N2OP/c1-2-37-42-34-20-10-22-36-41(34)43(37)40-33(19-9-21-35(40)45(36,44)26-13-4-3-5-14-26)27-23-24-32-30-16-7-12-25-11-6-15-29(38(25)30)31-18-8-17-28(27)39(31)32/h3-24H,2H2,1H3. The number of benzene rings is 8. The molecule has 0 fully saturated rings. The number of rotatable bonds is 3. The van der Waals surface area contributed by atoms with Crippen LogP contribution in [-0.2, 0) is 11.0 Å². The molecule has 45 heavy (non-hydrogen) atoms. The van der Waals surface area contributed by atoms with E-state index >= 15 is 4.57 Å². The van der Waals surface area contributed by atoms with E-state index in [1.54, 1.807) is 0 Å². The summed E-state index contributed by atoms with van der Waals surface area (Å²) in [7, 11) is -3.22. The largest absolute Gasteiger partial charge is 0.308 e. The quantitative estimate of drug-likeness (QED) is 0.116. The predicted molar refractivity (Wildman–Crippen MR) is 190 cm³/mol. The van der Waals surface area contributed by atoms with Gasteiger partial charge in [0, 0.05) is 27.9 Å². The van der Waals surface area contributed by atoms with Crippen LogP contribution in [0.4, 0.5) is 0 Å². The number of aromatic nitrogens is 2. The number of fused-ring (bicyclic) bond motifs is 4. The second-order valence-electron chi connectivity index (χ2n) is 12.1. The van der Waals surface area contributed by atoms with Crippen molar-refractivity contribution in [3.63, 3.8) is 0 Å². The van der Waals surface area contributed by atoms with E-state index in [2.05, 4.69) is 102 Å². The molecule has 4 heteroatoms. The maximum atomic E-state index is 15.8. The van der Waals surface area contributed by atoms with Crippen molar-refractivity contribution in [2.24, 2.45) is 0 Å². The fourth-order valence-corrected chi connectivity index (χ4v) is 11.1. The van der Waals surface area contributed by atoms with E-state index in [0.717, 1.165) is 56.0 Å². The third kappa shape index (κ3) is 3.11. The van der Waals surface area contributed by atoms with Crippen molar-refractivity contribution in [3.8, 4) is 16.8 Å². The third-order valence-corrected chi connectivity index (χ3v) is 13.0. The van der Waals surface area contributed by atoms with Gasteiger partial charge < -0.3 is 4.57 Å². The lowest BCUT2D eigenvalue weighted by atomic mass is 9.87. The second-order valence-corrected chi connectivity index (χ2v) is 14.8. The fraction of sp³-hybridized carbons (Fsp3) is 0.0488. The molecule has 1 atom stereocenters. The van der Waals surface area contributed by atoms with Crippen LogP contribution in [0.3, 0.4) is 0 Å². The molecule has 10 rings (SSSR count). The Morgan fingerprint density at radius 1 is 0.578 bits per heavy atom. The van der Waals surface area contributed by atoms with Gasteiger partial charge in [-0.3, -0.25) is 4.57 Å². The molecule has 1 unspecified atom stereocenters. The van der Waals surface area contributed by atoms with Gasteiger partial charge in [0.25, 0.3) is 0 Å². The van der Waals surface area contributed by atoms with Gasteiger partial charge in [-0.1, -0.05) is 122 Å². The van der Waals surface area contributed by atoms with Crippen LogP contribution in [0.5, 0.6) is 0 Å². The van der Waals surface area contributed by atoms with E-state index in [4.69, 9.17) is 4.98 Å². The van der Waals surface area contributed by atoms with Gasteiger partial charge in [0.1, 0.15) is 5.82 Å². The van der Waals surface area contributed by atoms with Crippen LogP contribution < -0.4 is 15.9 Å². The summed E-state index contributed by atoms with van der Waals surface area (Å²) < 4.78 is 18.1. The molecule has 1 aliphatic rings. The molecule has 0 aliphatic carbocycles. The highest BCUT2D eigenvalue weighted by Gasteiger charge is 2.40. The lowest BCUT2D eigenvalue weighted by Crippen LogP contribution is -2.33. The number of nitrogens with zero attached hydrogens (tertiary/aromatic N) is 2. The van der Waals surface area contributed by atoms with Crippen molar-refractivity contribution < 1.29 is 4.57 Å². The Balaban J connectivity index is 1.38. The van der Waals surface area contributed by atoms with Crippen LogP contribution in [0.25, 0.3) is 70.9 Å². The highest BCUT2D eigenvalue weighted by Crippen LogP contribution is 2.52. The fourth-order valence-electron chi connectivity index (χ4n) is 8.05. The molecule has 0 bridgehead atoms. The van der Waals surface area contributed by atoms with E-state index in [-0.39, 0.29) is 0 Å². The smallest absolute Gasteiger partial charge is 0.175 e. The van der Waals surface area contributed by atoms with Crippen LogP contribution in [0.1, 0.15) is 12.7 Å². The normalized spacial score (nSPS) is 15.9. The van der Waals surface area contributed by atoms with Crippen LogP contribution in [0, 0.1) is 0 Å². The second kappa shape index (κ2) is 8.91. The lowest BCUT2D eigenvalue weighted by molar-refractivity contribution is 0.592. The maximum absolute atomic E-state index is 15.8. The summed E-state index contributed by atoms with van der Waals surface area (Å²) >= 11 is 0. The van der Waals surface area contributed by atoms with E-state index in [0.29, 0.717) is 0 Å². The summed E-state index contributed by atoms with van der Waals surface area (Å²) in [6.07, 6.45) is 0.766. The van der Waals surface area contributed by atoms with Crippen molar-refractivity contribution in [1.29, 1.82) is 0 Å². The van der Waals surface area contributed by atoms with Crippen LogP contribution in [-0.4, -0.2) is 9.55 Å². The molecule has 0 N–H and O–H groups in total. The van der Waals surface area contributed by atoms with E-state index < -0.39 is 7.14 Å². The molecule has 0 saturated carbocycles. The van der Waals surface area contributed by atoms with E-state index in [1.165, 1.54) is 43.1 Å². The minimum atomic E-state index is -3.22. The Hall–Kier alpha value is -5.24. The van der Waals surface area contributed by atoms with Gasteiger partial charge in [-0.25, -0.2) is 4.98 Å². The Bertz CT molecular complexity index is 2670. The minimum absolute atomic E-state index is 0.766. The summed E-state index contributed by atoms with van der Waals surface area (Å²) in [6.45, 7) is 2.15. The number of hydrogen-bond acceptors (Lipinski definition) is 2. The zero-order chi connectivity index (χ0) is 29.9. The summed E-state index contributed by atoms with van der Waals surface area (Å²) in [5.41, 5.74) is 5.06. The van der Waals surface area contributed by atoms with Crippen molar-refractivity contribution in [2.75, 3.05) is 0 Å². The molecule has 1 aromatic heterocycles. The van der Waals surface area contributed by atoms with Crippen LogP contribution in [0.15, 0.2) is 133 Å². The minimum Gasteiger partial charge on any atom is -0.308 e. The molecular weight excluding hydrogens is 567 g/mol. The zero-order valence-electron chi connectivity index (χ0n) is 24.7. The first kappa shape index (κ1) is 25.1. The van der Waals surface area contributed by atoms with Crippen molar-refractivity contribution in [1.82, 2.24) is 9.55 Å². The van der Waals surface area contributed by atoms with E-state index in [9.17, 15) is 0 Å². The Morgan fingerprint density at radius 2 is 1.22 bits per heavy atom. The highest BCUT2D eigenvalue weighted by atomic mass is 31.2. The molecule has 3 nitrogen and oxygen atoms in total. The molecule has 1 aliphatic heterocycles. The molecule has 8 aromatic carbocycles. The van der Waals surface area contributed by atoms with Gasteiger partial charge >= 0.3 is 0 Å². The Morgan fingerprint density at radius 3 is 2.00 bits per heavy atom. The number of para-hydroxylation sites is 2. The summed E-state index contributed by atoms with van der Waals surface area (Å²) in [5.74, 6) is 0.980. The van der Waals surface area contributed by atoms with Gasteiger partial charge in [0.2, 0.25) is 0 Å². The van der Waals surface area contributed by atoms with Crippen LogP contribution >= 0.6 is 7.14 Å². The van der Waals surface area contributed by atoms with Crippen molar-refractivity contribution in [3.05, 3.63) is 139 Å². The molecule has 0 radical (unpaired) electrons. The molecule has 0 amide bonds. The molecule has 0 spiro atoms. The summed E-state index contributed by atoms with van der Waals surface area (Å²) in [6, 6.07) is 47.0. The summed E-state index contributed by atoms with van der Waals surface area (Å²) in [4.78, 5) is 5.10. The monoisotopic (exact) mass is 594 g/mol. The number of imidazole rings is 1. The third-order valence-electron chi connectivity index (χ3n) is 9.89. The van der Waals surface area contributed by atoms with Crippen molar-refractivity contribution >= 4 is 77.2 Å². The van der Waals surface area contributed by atoms with Gasteiger partial charge in [-0.15, -0.1) is 0 Å². The van der Waals surface area contributed by atoms with Gasteiger partial charge in [0.05, 0.1) is 16.7 Å².